The minimum absolute atomic E-state index is 0.296. The summed E-state index contributed by atoms with van der Waals surface area (Å²) in [6, 6.07) is 0.296. The van der Waals surface area contributed by atoms with Crippen molar-refractivity contribution < 1.29 is 0 Å². The first kappa shape index (κ1) is 14.2. The summed E-state index contributed by atoms with van der Waals surface area (Å²) in [5, 5.41) is 4.17. The number of nitrogens with two attached hydrogens (primary N) is 1. The third kappa shape index (κ3) is 4.90. The normalized spacial score (nSPS) is 15.9. The van der Waals surface area contributed by atoms with Crippen molar-refractivity contribution in [1.29, 1.82) is 0 Å². The fourth-order valence-corrected chi connectivity index (χ4v) is 1.88. The van der Waals surface area contributed by atoms with Crippen LogP contribution in [0.15, 0.2) is 12.4 Å². The Labute approximate surface area is 105 Å². The van der Waals surface area contributed by atoms with Crippen LogP contribution in [0.1, 0.15) is 46.1 Å². The molecule has 0 aliphatic heterocycles. The van der Waals surface area contributed by atoms with Gasteiger partial charge in [-0.1, -0.05) is 27.7 Å². The average Bonchev–Trinajstić information content (AvgIpc) is 2.60. The molecule has 0 radical (unpaired) electrons. The van der Waals surface area contributed by atoms with Gasteiger partial charge in [0.05, 0.1) is 6.20 Å². The van der Waals surface area contributed by atoms with E-state index in [0.717, 1.165) is 19.3 Å². The van der Waals surface area contributed by atoms with E-state index in [2.05, 4.69) is 39.0 Å². The lowest BCUT2D eigenvalue weighted by molar-refractivity contribution is 0.230. The Morgan fingerprint density at radius 2 is 2.06 bits per heavy atom. The van der Waals surface area contributed by atoms with Gasteiger partial charge in [-0.3, -0.25) is 4.68 Å². The van der Waals surface area contributed by atoms with Gasteiger partial charge in [0, 0.05) is 19.3 Å². The molecule has 1 rings (SSSR count). The Kier molecular flexibility index (Phi) is 4.75. The highest BCUT2D eigenvalue weighted by atomic mass is 15.2. The summed E-state index contributed by atoms with van der Waals surface area (Å²) in [4.78, 5) is 0. The lowest BCUT2D eigenvalue weighted by Gasteiger charge is -2.29. The van der Waals surface area contributed by atoms with Crippen LogP contribution in [0.5, 0.6) is 0 Å². The molecular formula is C14H27N3. The smallest absolute Gasteiger partial charge is 0.0521 e. The maximum absolute atomic E-state index is 6.20. The second-order valence-corrected chi connectivity index (χ2v) is 6.32. The van der Waals surface area contributed by atoms with Crippen molar-refractivity contribution in [2.45, 2.75) is 53.0 Å². The second kappa shape index (κ2) is 5.67. The van der Waals surface area contributed by atoms with Gasteiger partial charge >= 0.3 is 0 Å². The predicted molar refractivity (Wildman–Crippen MR) is 72.7 cm³/mol. The highest BCUT2D eigenvalue weighted by Crippen LogP contribution is 2.29. The van der Waals surface area contributed by atoms with Crippen molar-refractivity contribution in [3.8, 4) is 0 Å². The molecule has 0 spiro atoms. The predicted octanol–water partition coefficient (Wildman–Crippen LogP) is 2.75. The molecule has 0 amide bonds. The van der Waals surface area contributed by atoms with Crippen LogP contribution in [-0.4, -0.2) is 15.8 Å². The fraction of sp³-hybridized carbons (Fsp3) is 0.786. The first-order valence-electron chi connectivity index (χ1n) is 6.52. The Morgan fingerprint density at radius 1 is 1.41 bits per heavy atom. The average molecular weight is 237 g/mol. The molecule has 0 aromatic carbocycles. The standard InChI is InChI=1S/C14H27N3/c1-11(14(2,3)4)8-13(15)7-6-12-9-16-17(5)10-12/h9-11,13H,6-8,15H2,1-5H3. The lowest BCUT2D eigenvalue weighted by atomic mass is 9.78. The van der Waals surface area contributed by atoms with Gasteiger partial charge in [0.15, 0.2) is 0 Å². The van der Waals surface area contributed by atoms with E-state index >= 15 is 0 Å². The molecule has 1 aromatic rings. The Bertz CT molecular complexity index is 335. The third-order valence-corrected chi connectivity index (χ3v) is 3.70. The summed E-state index contributed by atoms with van der Waals surface area (Å²) < 4.78 is 1.85. The summed E-state index contributed by atoms with van der Waals surface area (Å²) in [5.41, 5.74) is 7.84. The molecule has 1 aromatic heterocycles. The summed E-state index contributed by atoms with van der Waals surface area (Å²) in [5.74, 6) is 0.659. The van der Waals surface area contributed by atoms with Crippen LogP contribution in [0, 0.1) is 11.3 Å². The number of rotatable bonds is 5. The van der Waals surface area contributed by atoms with E-state index in [-0.39, 0.29) is 0 Å². The van der Waals surface area contributed by atoms with Crippen molar-refractivity contribution >= 4 is 0 Å². The van der Waals surface area contributed by atoms with Gasteiger partial charge in [0.1, 0.15) is 0 Å². The van der Waals surface area contributed by atoms with E-state index in [1.807, 2.05) is 17.9 Å². The number of aromatic nitrogens is 2. The van der Waals surface area contributed by atoms with Crippen molar-refractivity contribution in [1.82, 2.24) is 9.78 Å². The Balaban J connectivity index is 2.33. The van der Waals surface area contributed by atoms with Crippen LogP contribution >= 0.6 is 0 Å². The molecule has 0 aliphatic rings. The number of nitrogens with zero attached hydrogens (tertiary/aromatic N) is 2. The molecule has 17 heavy (non-hydrogen) atoms. The molecule has 98 valence electrons. The zero-order chi connectivity index (χ0) is 13.1. The molecular weight excluding hydrogens is 210 g/mol. The minimum Gasteiger partial charge on any atom is -0.328 e. The molecule has 2 unspecified atom stereocenters. The maximum atomic E-state index is 6.20. The monoisotopic (exact) mass is 237 g/mol. The van der Waals surface area contributed by atoms with Gasteiger partial charge in [-0.15, -0.1) is 0 Å². The maximum Gasteiger partial charge on any atom is 0.0521 e. The fourth-order valence-electron chi connectivity index (χ4n) is 1.88. The molecule has 0 aliphatic carbocycles. The van der Waals surface area contributed by atoms with Gasteiger partial charge < -0.3 is 5.73 Å². The molecule has 2 atom stereocenters. The topological polar surface area (TPSA) is 43.8 Å². The molecule has 0 saturated heterocycles. The highest BCUT2D eigenvalue weighted by molar-refractivity contribution is 5.03. The third-order valence-electron chi connectivity index (χ3n) is 3.70. The molecule has 0 bridgehead atoms. The summed E-state index contributed by atoms with van der Waals surface area (Å²) >= 11 is 0. The van der Waals surface area contributed by atoms with E-state index in [4.69, 9.17) is 5.73 Å². The van der Waals surface area contributed by atoms with Crippen LogP contribution in [0.2, 0.25) is 0 Å². The quantitative estimate of drug-likeness (QED) is 0.855. The van der Waals surface area contributed by atoms with E-state index in [9.17, 15) is 0 Å². The minimum atomic E-state index is 0.296. The first-order valence-corrected chi connectivity index (χ1v) is 6.52. The van der Waals surface area contributed by atoms with Crippen LogP contribution in [-0.2, 0) is 13.5 Å². The number of hydrogen-bond donors (Lipinski definition) is 1. The lowest BCUT2D eigenvalue weighted by Crippen LogP contribution is -2.28. The van der Waals surface area contributed by atoms with E-state index in [0.29, 0.717) is 17.4 Å². The van der Waals surface area contributed by atoms with Crippen molar-refractivity contribution in [3.05, 3.63) is 18.0 Å². The SMILES string of the molecule is CC(CC(N)CCc1cnn(C)c1)C(C)(C)C. The summed E-state index contributed by atoms with van der Waals surface area (Å²) in [7, 11) is 1.95. The van der Waals surface area contributed by atoms with E-state index in [1.54, 1.807) is 0 Å². The van der Waals surface area contributed by atoms with Gasteiger partial charge in [-0.25, -0.2) is 0 Å². The summed E-state index contributed by atoms with van der Waals surface area (Å²) in [6.07, 6.45) is 7.18. The first-order chi connectivity index (χ1) is 7.79. The molecule has 2 N–H and O–H groups in total. The molecule has 3 heteroatoms. The van der Waals surface area contributed by atoms with E-state index < -0.39 is 0 Å². The van der Waals surface area contributed by atoms with Gasteiger partial charge in [-0.2, -0.15) is 5.10 Å². The summed E-state index contributed by atoms with van der Waals surface area (Å²) in [6.45, 7) is 9.15. The van der Waals surface area contributed by atoms with Crippen LogP contribution in [0.4, 0.5) is 0 Å². The zero-order valence-corrected chi connectivity index (χ0v) is 11.9. The largest absolute Gasteiger partial charge is 0.328 e. The number of aryl methyl sites for hydroxylation is 2. The molecule has 3 nitrogen and oxygen atoms in total. The van der Waals surface area contributed by atoms with Gasteiger partial charge in [0.2, 0.25) is 0 Å². The van der Waals surface area contributed by atoms with Crippen molar-refractivity contribution in [3.63, 3.8) is 0 Å². The zero-order valence-electron chi connectivity index (χ0n) is 11.9. The highest BCUT2D eigenvalue weighted by Gasteiger charge is 2.21. The Morgan fingerprint density at radius 3 is 2.53 bits per heavy atom. The van der Waals surface area contributed by atoms with Crippen molar-refractivity contribution in [2.24, 2.45) is 24.1 Å². The Hall–Kier alpha value is -0.830. The van der Waals surface area contributed by atoms with Gasteiger partial charge in [-0.05, 0) is 36.2 Å². The van der Waals surface area contributed by atoms with Crippen LogP contribution in [0.25, 0.3) is 0 Å². The van der Waals surface area contributed by atoms with Gasteiger partial charge in [0.25, 0.3) is 0 Å². The van der Waals surface area contributed by atoms with Crippen molar-refractivity contribution in [2.75, 3.05) is 0 Å². The molecule has 0 saturated carbocycles. The van der Waals surface area contributed by atoms with Crippen LogP contribution in [0.3, 0.4) is 0 Å². The van der Waals surface area contributed by atoms with Crippen LogP contribution < -0.4 is 5.73 Å². The molecule has 0 fully saturated rings. The molecule has 1 heterocycles. The van der Waals surface area contributed by atoms with E-state index in [1.165, 1.54) is 5.56 Å². The second-order valence-electron chi connectivity index (χ2n) is 6.32. The number of hydrogen-bond acceptors (Lipinski definition) is 2.